The lowest BCUT2D eigenvalue weighted by Gasteiger charge is -2.05. The number of hydrogen-bond acceptors (Lipinski definition) is 6. The van der Waals surface area contributed by atoms with Crippen molar-refractivity contribution in [2.75, 3.05) is 0 Å². The van der Waals surface area contributed by atoms with Gasteiger partial charge in [-0.25, -0.2) is 0 Å². The lowest BCUT2D eigenvalue weighted by molar-refractivity contribution is -0.386. The first-order chi connectivity index (χ1) is 11.5. The summed E-state index contributed by atoms with van der Waals surface area (Å²) in [6, 6.07) is 11.6. The van der Waals surface area contributed by atoms with Crippen LogP contribution in [0.15, 0.2) is 46.9 Å². The summed E-state index contributed by atoms with van der Waals surface area (Å²) >= 11 is 5.83. The molecule has 0 aliphatic carbocycles. The maximum absolute atomic E-state index is 11.0. The van der Waals surface area contributed by atoms with Gasteiger partial charge in [0.1, 0.15) is 0 Å². The normalized spacial score (nSPS) is 10.6. The van der Waals surface area contributed by atoms with Gasteiger partial charge < -0.3 is 9.15 Å². The van der Waals surface area contributed by atoms with E-state index in [-0.39, 0.29) is 23.9 Å². The molecule has 24 heavy (non-hydrogen) atoms. The van der Waals surface area contributed by atoms with Crippen molar-refractivity contribution in [1.82, 2.24) is 10.2 Å². The summed E-state index contributed by atoms with van der Waals surface area (Å²) in [4.78, 5) is 10.5. The Labute approximate surface area is 142 Å². The number of nitrogens with zero attached hydrogens (tertiary/aromatic N) is 3. The van der Waals surface area contributed by atoms with Crippen LogP contribution in [-0.2, 0) is 6.61 Å². The molecule has 0 saturated heterocycles. The average molecular weight is 346 g/mol. The smallest absolute Gasteiger partial charge is 0.310 e. The summed E-state index contributed by atoms with van der Waals surface area (Å²) < 4.78 is 11.0. The Bertz CT molecular complexity index is 877. The number of hydrogen-bond donors (Lipinski definition) is 0. The minimum absolute atomic E-state index is 0.0646. The van der Waals surface area contributed by atoms with Crippen LogP contribution in [0, 0.1) is 17.0 Å². The third kappa shape index (κ3) is 3.52. The van der Waals surface area contributed by atoms with Crippen LogP contribution in [0.1, 0.15) is 11.5 Å². The van der Waals surface area contributed by atoms with Gasteiger partial charge in [0, 0.05) is 16.7 Å². The molecule has 0 atom stereocenters. The highest BCUT2D eigenvalue weighted by Gasteiger charge is 2.16. The number of nitro groups is 1. The minimum atomic E-state index is -0.498. The van der Waals surface area contributed by atoms with E-state index < -0.39 is 4.92 Å². The van der Waals surface area contributed by atoms with Gasteiger partial charge in [-0.3, -0.25) is 10.1 Å². The zero-order valence-corrected chi connectivity index (χ0v) is 13.4. The van der Waals surface area contributed by atoms with E-state index in [1.807, 2.05) is 6.92 Å². The molecule has 0 aliphatic heterocycles. The van der Waals surface area contributed by atoms with Gasteiger partial charge in [-0.1, -0.05) is 17.7 Å². The second-order valence-electron chi connectivity index (χ2n) is 5.02. The van der Waals surface area contributed by atoms with Crippen molar-refractivity contribution in [2.24, 2.45) is 0 Å². The first kappa shape index (κ1) is 15.9. The lowest BCUT2D eigenvalue weighted by Crippen LogP contribution is -1.99. The fourth-order valence-corrected chi connectivity index (χ4v) is 2.17. The summed E-state index contributed by atoms with van der Waals surface area (Å²) in [5.74, 6) is 0.700. The van der Waals surface area contributed by atoms with E-state index >= 15 is 0 Å². The Balaban J connectivity index is 1.75. The van der Waals surface area contributed by atoms with Crippen molar-refractivity contribution >= 4 is 17.3 Å². The number of nitro benzene ring substituents is 1. The molecule has 3 aromatic rings. The molecular formula is C16H12ClN3O4. The second kappa shape index (κ2) is 6.67. The average Bonchev–Trinajstić information content (AvgIpc) is 3.02. The zero-order valence-electron chi connectivity index (χ0n) is 12.6. The van der Waals surface area contributed by atoms with Crippen molar-refractivity contribution in [3.63, 3.8) is 0 Å². The third-order valence-electron chi connectivity index (χ3n) is 3.22. The Morgan fingerprint density at radius 3 is 2.67 bits per heavy atom. The number of aromatic nitrogens is 2. The highest BCUT2D eigenvalue weighted by molar-refractivity contribution is 6.30. The molecule has 0 fully saturated rings. The van der Waals surface area contributed by atoms with Gasteiger partial charge in [0.15, 0.2) is 12.4 Å². The van der Waals surface area contributed by atoms with Crippen LogP contribution >= 0.6 is 11.6 Å². The Morgan fingerprint density at radius 1 is 1.21 bits per heavy atom. The largest absolute Gasteiger partial charge is 0.477 e. The van der Waals surface area contributed by atoms with Crippen molar-refractivity contribution in [1.29, 1.82) is 0 Å². The first-order valence-electron chi connectivity index (χ1n) is 6.99. The molecule has 0 bridgehead atoms. The molecule has 0 saturated carbocycles. The molecule has 0 N–H and O–H groups in total. The number of aryl methyl sites for hydroxylation is 1. The maximum Gasteiger partial charge on any atom is 0.310 e. The van der Waals surface area contributed by atoms with E-state index in [4.69, 9.17) is 20.8 Å². The van der Waals surface area contributed by atoms with E-state index in [0.717, 1.165) is 11.1 Å². The summed E-state index contributed by atoms with van der Waals surface area (Å²) in [6.07, 6.45) is 0. The minimum Gasteiger partial charge on any atom is -0.477 e. The van der Waals surface area contributed by atoms with Gasteiger partial charge >= 0.3 is 5.69 Å². The predicted octanol–water partition coefficient (Wildman–Crippen LogP) is 4.19. The second-order valence-corrected chi connectivity index (χ2v) is 5.46. The Morgan fingerprint density at radius 2 is 1.96 bits per heavy atom. The standard InChI is InChI=1S/C16H12ClN3O4/c1-10-2-7-13(20(21)22)14(8-10)23-9-15-18-19-16(24-15)11-3-5-12(17)6-4-11/h2-8H,9H2,1H3. The quantitative estimate of drug-likeness (QED) is 0.508. The van der Waals surface area contributed by atoms with Crippen molar-refractivity contribution < 1.29 is 14.1 Å². The molecule has 8 heteroatoms. The molecule has 2 aromatic carbocycles. The van der Waals surface area contributed by atoms with Crippen LogP contribution in [0.5, 0.6) is 5.75 Å². The summed E-state index contributed by atoms with van der Waals surface area (Å²) in [5.41, 5.74) is 1.46. The summed E-state index contributed by atoms with van der Waals surface area (Å²) in [5, 5.41) is 19.4. The molecule has 0 amide bonds. The van der Waals surface area contributed by atoms with E-state index in [1.54, 1.807) is 36.4 Å². The Kier molecular flexibility index (Phi) is 4.43. The predicted molar refractivity (Wildman–Crippen MR) is 86.9 cm³/mol. The van der Waals surface area contributed by atoms with Crippen LogP contribution < -0.4 is 4.74 Å². The van der Waals surface area contributed by atoms with Crippen LogP contribution in [0.4, 0.5) is 5.69 Å². The molecule has 0 radical (unpaired) electrons. The van der Waals surface area contributed by atoms with Gasteiger partial charge in [0.25, 0.3) is 5.89 Å². The van der Waals surface area contributed by atoms with E-state index in [1.165, 1.54) is 6.07 Å². The number of halogens is 1. The molecule has 0 spiro atoms. The lowest BCUT2D eigenvalue weighted by atomic mass is 10.2. The topological polar surface area (TPSA) is 91.3 Å². The van der Waals surface area contributed by atoms with Gasteiger partial charge in [-0.2, -0.15) is 0 Å². The Hall–Kier alpha value is -2.93. The number of rotatable bonds is 5. The molecule has 1 heterocycles. The maximum atomic E-state index is 11.0. The van der Waals surface area contributed by atoms with E-state index in [9.17, 15) is 10.1 Å². The van der Waals surface area contributed by atoms with Gasteiger partial charge in [-0.05, 0) is 42.8 Å². The van der Waals surface area contributed by atoms with Gasteiger partial charge in [0.05, 0.1) is 4.92 Å². The molecular weight excluding hydrogens is 334 g/mol. The highest BCUT2D eigenvalue weighted by Crippen LogP contribution is 2.28. The summed E-state index contributed by atoms with van der Waals surface area (Å²) in [7, 11) is 0. The van der Waals surface area contributed by atoms with Crippen LogP contribution in [-0.4, -0.2) is 15.1 Å². The fourth-order valence-electron chi connectivity index (χ4n) is 2.05. The molecule has 0 unspecified atom stereocenters. The van der Waals surface area contributed by atoms with E-state index in [0.29, 0.717) is 10.9 Å². The van der Waals surface area contributed by atoms with Crippen molar-refractivity contribution in [3.8, 4) is 17.2 Å². The summed E-state index contributed by atoms with van der Waals surface area (Å²) in [6.45, 7) is 1.76. The van der Waals surface area contributed by atoms with Crippen molar-refractivity contribution in [2.45, 2.75) is 13.5 Å². The fraction of sp³-hybridized carbons (Fsp3) is 0.125. The SMILES string of the molecule is Cc1ccc([N+](=O)[O-])c(OCc2nnc(-c3ccc(Cl)cc3)o2)c1. The molecule has 7 nitrogen and oxygen atoms in total. The van der Waals surface area contributed by atoms with Crippen LogP contribution in [0.2, 0.25) is 5.02 Å². The van der Waals surface area contributed by atoms with Gasteiger partial charge in [0.2, 0.25) is 5.89 Å². The number of ether oxygens (including phenoxy) is 1. The number of benzene rings is 2. The molecule has 1 aromatic heterocycles. The van der Waals surface area contributed by atoms with Gasteiger partial charge in [-0.15, -0.1) is 10.2 Å². The molecule has 3 rings (SSSR count). The third-order valence-corrected chi connectivity index (χ3v) is 3.47. The van der Waals surface area contributed by atoms with Crippen LogP contribution in [0.25, 0.3) is 11.5 Å². The molecule has 122 valence electrons. The first-order valence-corrected chi connectivity index (χ1v) is 7.37. The zero-order chi connectivity index (χ0) is 17.1. The molecule has 0 aliphatic rings. The van der Waals surface area contributed by atoms with E-state index in [2.05, 4.69) is 10.2 Å². The highest BCUT2D eigenvalue weighted by atomic mass is 35.5. The van der Waals surface area contributed by atoms with Crippen LogP contribution in [0.3, 0.4) is 0 Å². The monoisotopic (exact) mass is 345 g/mol. The van der Waals surface area contributed by atoms with Crippen molar-refractivity contribution in [3.05, 3.63) is 69.1 Å².